The van der Waals surface area contributed by atoms with Gasteiger partial charge in [0.1, 0.15) is 11.6 Å². The number of anilines is 1. The fraction of sp³-hybridized carbons (Fsp3) is 0.303. The van der Waals surface area contributed by atoms with Gasteiger partial charge in [0.25, 0.3) is 0 Å². The lowest BCUT2D eigenvalue weighted by Gasteiger charge is -2.30. The van der Waals surface area contributed by atoms with Crippen molar-refractivity contribution in [3.63, 3.8) is 0 Å². The number of hydrogen-bond acceptors (Lipinski definition) is 7. The molecule has 230 valence electrons. The molecule has 1 fully saturated rings. The minimum atomic E-state index is -0.631. The van der Waals surface area contributed by atoms with E-state index in [0.717, 1.165) is 32.0 Å². The second kappa shape index (κ2) is 14.6. The monoisotopic (exact) mass is 603 g/mol. The smallest absolute Gasteiger partial charge is 0.339 e. The molecule has 0 spiro atoms. The number of halogens is 2. The molecule has 0 unspecified atom stereocenters. The summed E-state index contributed by atoms with van der Waals surface area (Å²) in [4.78, 5) is 18.9. The molecule has 5 rings (SSSR count). The molecule has 2 amide bonds. The third kappa shape index (κ3) is 8.19. The first kappa shape index (κ1) is 30.7. The maximum absolute atomic E-state index is 15.0. The maximum atomic E-state index is 15.0. The highest BCUT2D eigenvalue weighted by Gasteiger charge is 2.16. The first-order valence-corrected chi connectivity index (χ1v) is 14.5. The molecule has 1 aliphatic rings. The molecule has 0 saturated carbocycles. The topological polar surface area (TPSA) is 97.3 Å². The number of nitrogens with zero attached hydrogens (tertiary/aromatic N) is 3. The standard InChI is InChI=1S/C33H35F2N5O4/c1-22-11-15-40(16-12-22)14-3-17-43-32-20-28-26(19-31(32)42-2)29(10-13-36-28)44-30-9-4-23(18-27(30)35)21-37-39-33(41)38-25-7-5-24(34)6-8-25/h4-10,13,18-22H,3,11-12,14-17H2,1-2H3,(H2,38,39,41)/b37-21+. The number of benzene rings is 3. The molecule has 4 aromatic rings. The van der Waals surface area contributed by atoms with Gasteiger partial charge in [-0.1, -0.05) is 6.92 Å². The predicted molar refractivity (Wildman–Crippen MR) is 166 cm³/mol. The highest BCUT2D eigenvalue weighted by molar-refractivity contribution is 5.90. The average Bonchev–Trinajstić information content (AvgIpc) is 3.02. The quantitative estimate of drug-likeness (QED) is 0.109. The summed E-state index contributed by atoms with van der Waals surface area (Å²) in [5.41, 5.74) is 3.70. The second-order valence-electron chi connectivity index (χ2n) is 10.7. The molecular weight excluding hydrogens is 568 g/mol. The summed E-state index contributed by atoms with van der Waals surface area (Å²) in [5.74, 6) is 1.30. The Bertz CT molecular complexity index is 1610. The number of fused-ring (bicyclic) bond motifs is 1. The first-order valence-electron chi connectivity index (χ1n) is 14.5. The van der Waals surface area contributed by atoms with Crippen LogP contribution in [0.15, 0.2) is 72.0 Å². The Hall–Kier alpha value is -4.77. The lowest BCUT2D eigenvalue weighted by Crippen LogP contribution is -2.34. The zero-order chi connectivity index (χ0) is 30.9. The van der Waals surface area contributed by atoms with Crippen LogP contribution in [0, 0.1) is 17.6 Å². The van der Waals surface area contributed by atoms with Gasteiger partial charge in [-0.05, 0) is 98.4 Å². The van der Waals surface area contributed by atoms with Crippen LogP contribution in [0.3, 0.4) is 0 Å². The number of pyridine rings is 1. The SMILES string of the molecule is COc1cc2c(Oc3ccc(/C=N/NC(=O)Nc4ccc(F)cc4)cc3F)ccnc2cc1OCCCN1CCC(C)CC1. The van der Waals surface area contributed by atoms with Gasteiger partial charge in [-0.25, -0.2) is 19.0 Å². The van der Waals surface area contributed by atoms with Gasteiger partial charge in [-0.2, -0.15) is 5.10 Å². The van der Waals surface area contributed by atoms with E-state index < -0.39 is 17.7 Å². The summed E-state index contributed by atoms with van der Waals surface area (Å²) in [7, 11) is 1.57. The molecule has 1 saturated heterocycles. The molecule has 2 heterocycles. The van der Waals surface area contributed by atoms with Gasteiger partial charge in [0.05, 0.1) is 25.4 Å². The molecule has 2 N–H and O–H groups in total. The van der Waals surface area contributed by atoms with Gasteiger partial charge >= 0.3 is 6.03 Å². The lowest BCUT2D eigenvalue weighted by atomic mass is 9.99. The van der Waals surface area contributed by atoms with Gasteiger partial charge < -0.3 is 24.4 Å². The van der Waals surface area contributed by atoms with Gasteiger partial charge in [0, 0.05) is 29.9 Å². The zero-order valence-electron chi connectivity index (χ0n) is 24.7. The average molecular weight is 604 g/mol. The normalized spacial score (nSPS) is 14.1. The van der Waals surface area contributed by atoms with Crippen molar-refractivity contribution in [3.05, 3.63) is 84.1 Å². The van der Waals surface area contributed by atoms with E-state index in [1.165, 1.54) is 55.5 Å². The summed E-state index contributed by atoms with van der Waals surface area (Å²) in [6.45, 7) is 6.14. The molecular formula is C33H35F2N5O4. The minimum absolute atomic E-state index is 0.00284. The number of piperidine rings is 1. The molecule has 0 atom stereocenters. The van der Waals surface area contributed by atoms with E-state index in [0.29, 0.717) is 46.0 Å². The summed E-state index contributed by atoms with van der Waals surface area (Å²) in [6.07, 6.45) is 6.28. The third-order valence-electron chi connectivity index (χ3n) is 7.40. The number of likely N-dealkylation sites (tertiary alicyclic amines) is 1. The van der Waals surface area contributed by atoms with Gasteiger partial charge in [0.15, 0.2) is 23.1 Å². The fourth-order valence-corrected chi connectivity index (χ4v) is 4.90. The predicted octanol–water partition coefficient (Wildman–Crippen LogP) is 6.97. The molecule has 0 bridgehead atoms. The van der Waals surface area contributed by atoms with Crippen LogP contribution in [0.5, 0.6) is 23.0 Å². The Balaban J connectivity index is 1.19. The van der Waals surface area contributed by atoms with Crippen molar-refractivity contribution in [2.75, 3.05) is 38.7 Å². The number of methoxy groups -OCH3 is 1. The summed E-state index contributed by atoms with van der Waals surface area (Å²) in [5, 5.41) is 6.97. The number of rotatable bonds is 11. The van der Waals surface area contributed by atoms with Crippen molar-refractivity contribution >= 4 is 28.8 Å². The third-order valence-corrected chi connectivity index (χ3v) is 7.40. The summed E-state index contributed by atoms with van der Waals surface area (Å²) < 4.78 is 45.6. The van der Waals surface area contributed by atoms with Crippen LogP contribution in [0.25, 0.3) is 10.9 Å². The van der Waals surface area contributed by atoms with Crippen LogP contribution in [-0.2, 0) is 0 Å². The van der Waals surface area contributed by atoms with E-state index in [9.17, 15) is 13.6 Å². The van der Waals surface area contributed by atoms with E-state index in [2.05, 4.69) is 32.7 Å². The molecule has 1 aromatic heterocycles. The van der Waals surface area contributed by atoms with E-state index in [-0.39, 0.29) is 5.75 Å². The van der Waals surface area contributed by atoms with E-state index in [4.69, 9.17) is 14.2 Å². The number of aromatic nitrogens is 1. The highest BCUT2D eigenvalue weighted by Crippen LogP contribution is 2.37. The number of ether oxygens (including phenoxy) is 3. The number of urea groups is 1. The Kier molecular flexibility index (Phi) is 10.2. The van der Waals surface area contributed by atoms with E-state index in [1.54, 1.807) is 37.6 Å². The number of carbonyl (C=O) groups is 1. The molecule has 9 nitrogen and oxygen atoms in total. The van der Waals surface area contributed by atoms with Crippen LogP contribution in [0.1, 0.15) is 31.7 Å². The Labute approximate surface area is 254 Å². The minimum Gasteiger partial charge on any atom is -0.493 e. The van der Waals surface area contributed by atoms with Crippen molar-refractivity contribution < 1.29 is 27.8 Å². The Morgan fingerprint density at radius 3 is 2.57 bits per heavy atom. The largest absolute Gasteiger partial charge is 0.493 e. The fourth-order valence-electron chi connectivity index (χ4n) is 4.90. The Morgan fingerprint density at radius 1 is 1.02 bits per heavy atom. The molecule has 0 aliphatic carbocycles. The van der Waals surface area contributed by atoms with Crippen LogP contribution >= 0.6 is 0 Å². The molecule has 11 heteroatoms. The number of hydrogen-bond donors (Lipinski definition) is 2. The van der Waals surface area contributed by atoms with E-state index >= 15 is 0 Å². The maximum Gasteiger partial charge on any atom is 0.339 e. The van der Waals surface area contributed by atoms with Gasteiger partial charge in [-0.3, -0.25) is 4.98 Å². The van der Waals surface area contributed by atoms with Crippen LogP contribution in [0.4, 0.5) is 19.3 Å². The highest BCUT2D eigenvalue weighted by atomic mass is 19.1. The first-order chi connectivity index (χ1) is 21.4. The molecule has 3 aromatic carbocycles. The Morgan fingerprint density at radius 2 is 1.82 bits per heavy atom. The number of carbonyl (C=O) groups excluding carboxylic acids is 1. The van der Waals surface area contributed by atoms with E-state index in [1.807, 2.05) is 0 Å². The van der Waals surface area contributed by atoms with Crippen LogP contribution < -0.4 is 25.0 Å². The van der Waals surface area contributed by atoms with Crippen molar-refractivity contribution in [1.82, 2.24) is 15.3 Å². The lowest BCUT2D eigenvalue weighted by molar-refractivity contribution is 0.176. The molecule has 0 radical (unpaired) electrons. The van der Waals surface area contributed by atoms with Crippen LogP contribution in [0.2, 0.25) is 0 Å². The van der Waals surface area contributed by atoms with Crippen LogP contribution in [-0.4, -0.2) is 55.5 Å². The number of amides is 2. The number of hydrazone groups is 1. The summed E-state index contributed by atoms with van der Waals surface area (Å²) in [6, 6.07) is 14.2. The number of nitrogens with one attached hydrogen (secondary N) is 2. The van der Waals surface area contributed by atoms with Crippen molar-refractivity contribution in [1.29, 1.82) is 0 Å². The molecule has 44 heavy (non-hydrogen) atoms. The zero-order valence-corrected chi connectivity index (χ0v) is 24.7. The van der Waals surface area contributed by atoms with Gasteiger partial charge in [-0.15, -0.1) is 0 Å². The summed E-state index contributed by atoms with van der Waals surface area (Å²) >= 11 is 0. The van der Waals surface area contributed by atoms with Crippen molar-refractivity contribution in [2.45, 2.75) is 26.2 Å². The molecule has 1 aliphatic heterocycles. The van der Waals surface area contributed by atoms with Crippen molar-refractivity contribution in [2.24, 2.45) is 11.0 Å². The van der Waals surface area contributed by atoms with Crippen molar-refractivity contribution in [3.8, 4) is 23.0 Å². The second-order valence-corrected chi connectivity index (χ2v) is 10.7. The van der Waals surface area contributed by atoms with Gasteiger partial charge in [0.2, 0.25) is 0 Å².